The van der Waals surface area contributed by atoms with E-state index in [2.05, 4.69) is 21.2 Å². The number of nitrogens with zero attached hydrogens (tertiary/aromatic N) is 1. The molecule has 0 fully saturated rings. The topological polar surface area (TPSA) is 58.6 Å². The Balaban J connectivity index is 2.04. The molecule has 0 spiro atoms. The van der Waals surface area contributed by atoms with Gasteiger partial charge in [0, 0.05) is 22.8 Å². The van der Waals surface area contributed by atoms with E-state index in [1.54, 1.807) is 26.3 Å². The lowest BCUT2D eigenvalue weighted by Crippen LogP contribution is -2.35. The molecule has 132 valence electrons. The fourth-order valence-electron chi connectivity index (χ4n) is 2.42. The number of benzene rings is 2. The van der Waals surface area contributed by atoms with Crippen LogP contribution in [0.25, 0.3) is 0 Å². The molecule has 1 N–H and O–H groups in total. The number of nitrogens with one attached hydrogen (secondary N) is 1. The smallest absolute Gasteiger partial charge is 0.254 e. The molecule has 0 aliphatic heterocycles. The lowest BCUT2D eigenvalue weighted by atomic mass is 10.1. The quantitative estimate of drug-likeness (QED) is 0.824. The average Bonchev–Trinajstić information content (AvgIpc) is 2.57. The predicted octanol–water partition coefficient (Wildman–Crippen LogP) is 3.79. The van der Waals surface area contributed by atoms with Gasteiger partial charge < -0.3 is 15.0 Å². The fraction of sp³-hybridized carbons (Fsp3) is 0.263. The van der Waals surface area contributed by atoms with Crippen molar-refractivity contribution in [2.45, 2.75) is 13.8 Å². The number of carbonyl (C=O) groups is 2. The first kappa shape index (κ1) is 19.0. The molecule has 0 radical (unpaired) electrons. The van der Waals surface area contributed by atoms with Gasteiger partial charge in [0.1, 0.15) is 5.75 Å². The fourth-order valence-corrected chi connectivity index (χ4v) is 2.89. The second kappa shape index (κ2) is 8.16. The van der Waals surface area contributed by atoms with Crippen molar-refractivity contribution in [1.82, 2.24) is 4.90 Å². The second-order valence-corrected chi connectivity index (χ2v) is 6.77. The van der Waals surface area contributed by atoms with E-state index in [4.69, 9.17) is 4.74 Å². The van der Waals surface area contributed by atoms with E-state index in [9.17, 15) is 9.59 Å². The number of anilines is 1. The van der Waals surface area contributed by atoms with Crippen molar-refractivity contribution in [3.63, 3.8) is 0 Å². The highest BCUT2D eigenvalue weighted by atomic mass is 79.9. The third-order valence-electron chi connectivity index (χ3n) is 3.85. The van der Waals surface area contributed by atoms with Crippen molar-refractivity contribution in [1.29, 1.82) is 0 Å². The highest BCUT2D eigenvalue weighted by molar-refractivity contribution is 9.10. The summed E-state index contributed by atoms with van der Waals surface area (Å²) in [7, 11) is 3.16. The van der Waals surface area contributed by atoms with Crippen LogP contribution in [0, 0.1) is 13.8 Å². The molecular weight excluding hydrogens is 384 g/mol. The molecule has 0 heterocycles. The molecule has 5 nitrogen and oxygen atoms in total. The molecule has 0 saturated heterocycles. The highest BCUT2D eigenvalue weighted by Gasteiger charge is 2.16. The van der Waals surface area contributed by atoms with Crippen molar-refractivity contribution < 1.29 is 14.3 Å². The van der Waals surface area contributed by atoms with Gasteiger partial charge in [0.15, 0.2) is 0 Å². The van der Waals surface area contributed by atoms with Gasteiger partial charge in [-0.25, -0.2) is 0 Å². The SMILES string of the molecule is COc1cc(C(=O)N(C)CC(=O)Nc2ccc(Br)cc2C)ccc1C. The Kier molecular flexibility index (Phi) is 6.20. The van der Waals surface area contributed by atoms with Crippen LogP contribution in [0.1, 0.15) is 21.5 Å². The van der Waals surface area contributed by atoms with Gasteiger partial charge in [-0.05, 0) is 55.3 Å². The van der Waals surface area contributed by atoms with Crippen LogP contribution in [0.3, 0.4) is 0 Å². The molecular formula is C19H21BrN2O3. The maximum Gasteiger partial charge on any atom is 0.254 e. The van der Waals surface area contributed by atoms with Crippen LogP contribution in [0.15, 0.2) is 40.9 Å². The number of methoxy groups -OCH3 is 1. The minimum atomic E-state index is -0.250. The summed E-state index contributed by atoms with van der Waals surface area (Å²) in [4.78, 5) is 26.1. The number of hydrogen-bond acceptors (Lipinski definition) is 3. The Morgan fingerprint density at radius 2 is 1.84 bits per heavy atom. The normalized spacial score (nSPS) is 10.3. The van der Waals surface area contributed by atoms with E-state index >= 15 is 0 Å². The number of likely N-dealkylation sites (N-methyl/N-ethyl adjacent to an activating group) is 1. The Morgan fingerprint density at radius 3 is 2.48 bits per heavy atom. The number of amides is 2. The number of ether oxygens (including phenoxy) is 1. The number of halogens is 1. The summed E-state index contributed by atoms with van der Waals surface area (Å²) >= 11 is 3.39. The Morgan fingerprint density at radius 1 is 1.12 bits per heavy atom. The zero-order chi connectivity index (χ0) is 18.6. The number of aryl methyl sites for hydroxylation is 2. The number of carbonyl (C=O) groups excluding carboxylic acids is 2. The summed E-state index contributed by atoms with van der Waals surface area (Å²) in [5, 5.41) is 2.83. The monoisotopic (exact) mass is 404 g/mol. The van der Waals surface area contributed by atoms with Crippen molar-refractivity contribution in [3.05, 3.63) is 57.6 Å². The molecule has 2 aromatic rings. The third-order valence-corrected chi connectivity index (χ3v) is 4.34. The molecule has 0 unspecified atom stereocenters. The molecule has 0 atom stereocenters. The zero-order valence-electron chi connectivity index (χ0n) is 14.7. The Hall–Kier alpha value is -2.34. The molecule has 6 heteroatoms. The minimum absolute atomic E-state index is 0.0372. The average molecular weight is 405 g/mol. The van der Waals surface area contributed by atoms with Crippen LogP contribution in [0.4, 0.5) is 5.69 Å². The van der Waals surface area contributed by atoms with Crippen LogP contribution >= 0.6 is 15.9 Å². The van der Waals surface area contributed by atoms with Gasteiger partial charge in [-0.2, -0.15) is 0 Å². The van der Waals surface area contributed by atoms with Crippen molar-refractivity contribution in [2.24, 2.45) is 0 Å². The summed E-state index contributed by atoms with van der Waals surface area (Å²) in [5.41, 5.74) is 3.11. The summed E-state index contributed by atoms with van der Waals surface area (Å²) in [5.74, 6) is 0.163. The summed E-state index contributed by atoms with van der Waals surface area (Å²) in [6, 6.07) is 10.8. The van der Waals surface area contributed by atoms with Gasteiger partial charge in [-0.15, -0.1) is 0 Å². The molecule has 0 aromatic heterocycles. The molecule has 0 bridgehead atoms. The molecule has 0 saturated carbocycles. The predicted molar refractivity (Wildman–Crippen MR) is 102 cm³/mol. The van der Waals surface area contributed by atoms with E-state index in [-0.39, 0.29) is 18.4 Å². The lowest BCUT2D eigenvalue weighted by molar-refractivity contribution is -0.116. The van der Waals surface area contributed by atoms with Gasteiger partial charge in [-0.1, -0.05) is 22.0 Å². The molecule has 2 aromatic carbocycles. The van der Waals surface area contributed by atoms with Gasteiger partial charge in [-0.3, -0.25) is 9.59 Å². The summed E-state index contributed by atoms with van der Waals surface area (Å²) in [6.45, 7) is 3.78. The third kappa shape index (κ3) is 4.82. The van der Waals surface area contributed by atoms with Crippen LogP contribution in [-0.4, -0.2) is 37.4 Å². The van der Waals surface area contributed by atoms with Gasteiger partial charge in [0.05, 0.1) is 13.7 Å². The molecule has 0 aliphatic carbocycles. The van der Waals surface area contributed by atoms with Crippen molar-refractivity contribution >= 4 is 33.4 Å². The van der Waals surface area contributed by atoms with Gasteiger partial charge in [0.25, 0.3) is 5.91 Å². The van der Waals surface area contributed by atoms with Gasteiger partial charge >= 0.3 is 0 Å². The minimum Gasteiger partial charge on any atom is -0.496 e. The van der Waals surface area contributed by atoms with Crippen LogP contribution < -0.4 is 10.1 Å². The second-order valence-electron chi connectivity index (χ2n) is 5.85. The maximum absolute atomic E-state index is 12.5. The molecule has 25 heavy (non-hydrogen) atoms. The van der Waals surface area contributed by atoms with Crippen LogP contribution in [-0.2, 0) is 4.79 Å². The first-order valence-electron chi connectivity index (χ1n) is 7.78. The Labute approximate surface area is 156 Å². The van der Waals surface area contributed by atoms with Crippen LogP contribution in [0.5, 0.6) is 5.75 Å². The lowest BCUT2D eigenvalue weighted by Gasteiger charge is -2.18. The summed E-state index contributed by atoms with van der Waals surface area (Å²) in [6.07, 6.45) is 0. The zero-order valence-corrected chi connectivity index (χ0v) is 16.3. The van der Waals surface area contributed by atoms with Crippen LogP contribution in [0.2, 0.25) is 0 Å². The number of hydrogen-bond donors (Lipinski definition) is 1. The van der Waals surface area contributed by atoms with Gasteiger partial charge in [0.2, 0.25) is 5.91 Å². The maximum atomic E-state index is 12.5. The van der Waals surface area contributed by atoms with Crippen molar-refractivity contribution in [2.75, 3.05) is 26.0 Å². The van der Waals surface area contributed by atoms with E-state index in [0.29, 0.717) is 11.3 Å². The first-order valence-corrected chi connectivity index (χ1v) is 8.57. The van der Waals surface area contributed by atoms with E-state index < -0.39 is 0 Å². The van der Waals surface area contributed by atoms with E-state index in [1.807, 2.05) is 38.1 Å². The van der Waals surface area contributed by atoms with E-state index in [1.165, 1.54) is 4.90 Å². The molecule has 2 amide bonds. The summed E-state index contributed by atoms with van der Waals surface area (Å²) < 4.78 is 6.19. The number of rotatable bonds is 5. The first-order chi connectivity index (χ1) is 11.8. The molecule has 2 rings (SSSR count). The standard InChI is InChI=1S/C19H21BrN2O3/c1-12-5-6-14(10-17(12)25-4)19(24)22(3)11-18(23)21-16-8-7-15(20)9-13(16)2/h5-10H,11H2,1-4H3,(H,21,23). The van der Waals surface area contributed by atoms with E-state index in [0.717, 1.165) is 21.3 Å². The highest BCUT2D eigenvalue weighted by Crippen LogP contribution is 2.21. The molecule has 0 aliphatic rings. The largest absolute Gasteiger partial charge is 0.496 e. The Bertz CT molecular complexity index is 805. The van der Waals surface area contributed by atoms with Crippen molar-refractivity contribution in [3.8, 4) is 5.75 Å².